The molecule has 0 atom stereocenters. The van der Waals surface area contributed by atoms with E-state index in [1.54, 1.807) is 19.2 Å². The monoisotopic (exact) mass is 311 g/mol. The molecule has 0 aliphatic heterocycles. The summed E-state index contributed by atoms with van der Waals surface area (Å²) in [6.45, 7) is 0. The van der Waals surface area contributed by atoms with E-state index >= 15 is 0 Å². The molecule has 2 aromatic carbocycles. The van der Waals surface area contributed by atoms with Crippen molar-refractivity contribution >= 4 is 17.1 Å². The van der Waals surface area contributed by atoms with Crippen LogP contribution >= 0.6 is 0 Å². The van der Waals surface area contributed by atoms with E-state index in [4.69, 9.17) is 4.74 Å². The predicted octanol–water partition coefficient (Wildman–Crippen LogP) is 3.76. The van der Waals surface area contributed by atoms with Crippen molar-refractivity contribution in [1.29, 1.82) is 0 Å². The second kappa shape index (κ2) is 6.48. The summed E-state index contributed by atoms with van der Waals surface area (Å²) in [4.78, 5) is 10.2. The van der Waals surface area contributed by atoms with Crippen molar-refractivity contribution in [2.75, 3.05) is 12.5 Å². The van der Waals surface area contributed by atoms with Gasteiger partial charge in [-0.05, 0) is 37.5 Å². The first kappa shape index (κ1) is 15.0. The lowest BCUT2D eigenvalue weighted by molar-refractivity contribution is -0.384. The summed E-state index contributed by atoms with van der Waals surface area (Å²) in [5.74, 6) is 0.894. The van der Waals surface area contributed by atoms with Crippen molar-refractivity contribution in [3.8, 4) is 5.75 Å². The first-order valence-electron chi connectivity index (χ1n) is 7.42. The lowest BCUT2D eigenvalue weighted by Gasteiger charge is -2.20. The molecule has 0 saturated heterocycles. The lowest BCUT2D eigenvalue weighted by atomic mass is 9.89. The topological polar surface area (TPSA) is 76.8 Å². The zero-order valence-electron chi connectivity index (χ0n) is 12.8. The number of nitro groups is 1. The summed E-state index contributed by atoms with van der Waals surface area (Å²) in [5.41, 5.74) is 7.03. The molecular weight excluding hydrogens is 294 g/mol. The minimum Gasteiger partial charge on any atom is -0.496 e. The Labute approximate surface area is 133 Å². The highest BCUT2D eigenvalue weighted by atomic mass is 16.6. The molecule has 23 heavy (non-hydrogen) atoms. The van der Waals surface area contributed by atoms with Gasteiger partial charge in [-0.1, -0.05) is 12.1 Å². The lowest BCUT2D eigenvalue weighted by Crippen LogP contribution is -2.14. The average molecular weight is 311 g/mol. The van der Waals surface area contributed by atoms with E-state index in [0.717, 1.165) is 42.0 Å². The third kappa shape index (κ3) is 3.15. The Bertz CT molecular complexity index is 754. The maximum absolute atomic E-state index is 10.7. The SMILES string of the molecule is COc1cccc2c1CCC/C2=N/Nc1ccc([N+](=O)[O-])cc1. The van der Waals surface area contributed by atoms with Crippen LogP contribution in [-0.2, 0) is 6.42 Å². The van der Waals surface area contributed by atoms with Crippen LogP contribution in [-0.4, -0.2) is 17.7 Å². The number of hydrogen-bond acceptors (Lipinski definition) is 5. The fraction of sp³-hybridized carbons (Fsp3) is 0.235. The largest absolute Gasteiger partial charge is 0.496 e. The van der Waals surface area contributed by atoms with Gasteiger partial charge < -0.3 is 4.74 Å². The van der Waals surface area contributed by atoms with Gasteiger partial charge >= 0.3 is 0 Å². The van der Waals surface area contributed by atoms with E-state index in [1.165, 1.54) is 17.7 Å². The van der Waals surface area contributed by atoms with Gasteiger partial charge in [-0.25, -0.2) is 0 Å². The molecule has 0 aromatic heterocycles. The van der Waals surface area contributed by atoms with Crippen LogP contribution in [0.2, 0.25) is 0 Å². The summed E-state index contributed by atoms with van der Waals surface area (Å²) in [6, 6.07) is 12.2. The van der Waals surface area contributed by atoms with Gasteiger partial charge in [0.15, 0.2) is 0 Å². The van der Waals surface area contributed by atoms with E-state index in [2.05, 4.69) is 10.5 Å². The molecule has 1 N–H and O–H groups in total. The fourth-order valence-corrected chi connectivity index (χ4v) is 2.76. The molecule has 0 unspecified atom stereocenters. The van der Waals surface area contributed by atoms with Crippen molar-refractivity contribution < 1.29 is 9.66 Å². The van der Waals surface area contributed by atoms with Crippen LogP contribution < -0.4 is 10.2 Å². The van der Waals surface area contributed by atoms with E-state index in [-0.39, 0.29) is 5.69 Å². The van der Waals surface area contributed by atoms with E-state index < -0.39 is 4.92 Å². The number of rotatable bonds is 4. The minimum atomic E-state index is -0.417. The van der Waals surface area contributed by atoms with Crippen LogP contribution in [0.15, 0.2) is 47.6 Å². The zero-order chi connectivity index (χ0) is 16.2. The van der Waals surface area contributed by atoms with Crippen LogP contribution in [0.25, 0.3) is 0 Å². The van der Waals surface area contributed by atoms with Gasteiger partial charge in [0.25, 0.3) is 5.69 Å². The normalized spacial score (nSPS) is 15.1. The molecule has 2 aromatic rings. The van der Waals surface area contributed by atoms with E-state index in [0.29, 0.717) is 0 Å². The van der Waals surface area contributed by atoms with Crippen LogP contribution in [0.4, 0.5) is 11.4 Å². The maximum atomic E-state index is 10.7. The highest BCUT2D eigenvalue weighted by molar-refractivity contribution is 6.03. The number of non-ortho nitro benzene ring substituents is 1. The molecule has 0 saturated carbocycles. The van der Waals surface area contributed by atoms with Crippen molar-refractivity contribution in [2.24, 2.45) is 5.10 Å². The molecular formula is C17H17N3O3. The molecule has 0 heterocycles. The maximum Gasteiger partial charge on any atom is 0.269 e. The van der Waals surface area contributed by atoms with Crippen molar-refractivity contribution in [1.82, 2.24) is 0 Å². The second-order valence-corrected chi connectivity index (χ2v) is 5.31. The fourth-order valence-electron chi connectivity index (χ4n) is 2.76. The number of ether oxygens (including phenoxy) is 1. The van der Waals surface area contributed by atoms with Crippen molar-refractivity contribution in [3.05, 3.63) is 63.7 Å². The summed E-state index contributed by atoms with van der Waals surface area (Å²) in [6.07, 6.45) is 2.89. The van der Waals surface area contributed by atoms with Crippen molar-refractivity contribution in [3.63, 3.8) is 0 Å². The number of nitro benzene ring substituents is 1. The quantitative estimate of drug-likeness (QED) is 0.689. The minimum absolute atomic E-state index is 0.0657. The number of hydrazone groups is 1. The summed E-state index contributed by atoms with van der Waals surface area (Å²) in [7, 11) is 1.68. The molecule has 1 aliphatic rings. The Morgan fingerprint density at radius 3 is 2.65 bits per heavy atom. The Hall–Kier alpha value is -2.89. The van der Waals surface area contributed by atoms with Crippen LogP contribution in [0.5, 0.6) is 5.75 Å². The molecule has 6 nitrogen and oxygen atoms in total. The number of hydrogen-bond donors (Lipinski definition) is 1. The molecule has 0 fully saturated rings. The number of nitrogens with zero attached hydrogens (tertiary/aromatic N) is 2. The number of methoxy groups -OCH3 is 1. The highest BCUT2D eigenvalue weighted by Crippen LogP contribution is 2.29. The number of anilines is 1. The molecule has 0 amide bonds. The van der Waals surface area contributed by atoms with Crippen LogP contribution in [0, 0.1) is 10.1 Å². The Kier molecular flexibility index (Phi) is 4.23. The molecule has 0 bridgehead atoms. The summed E-state index contributed by atoms with van der Waals surface area (Å²) >= 11 is 0. The van der Waals surface area contributed by atoms with Crippen molar-refractivity contribution in [2.45, 2.75) is 19.3 Å². The second-order valence-electron chi connectivity index (χ2n) is 5.31. The highest BCUT2D eigenvalue weighted by Gasteiger charge is 2.18. The molecule has 0 radical (unpaired) electrons. The molecule has 3 rings (SSSR count). The van der Waals surface area contributed by atoms with Gasteiger partial charge in [-0.3, -0.25) is 15.5 Å². The summed E-state index contributed by atoms with van der Waals surface area (Å²) in [5, 5.41) is 15.1. The smallest absolute Gasteiger partial charge is 0.269 e. The van der Waals surface area contributed by atoms with Gasteiger partial charge in [0.1, 0.15) is 5.75 Å². The van der Waals surface area contributed by atoms with Crippen LogP contribution in [0.3, 0.4) is 0 Å². The van der Waals surface area contributed by atoms with E-state index in [9.17, 15) is 10.1 Å². The first-order valence-corrected chi connectivity index (χ1v) is 7.42. The molecule has 118 valence electrons. The molecule has 0 spiro atoms. The van der Waals surface area contributed by atoms with Gasteiger partial charge in [0, 0.05) is 23.3 Å². The van der Waals surface area contributed by atoms with Gasteiger partial charge in [0.05, 0.1) is 23.4 Å². The van der Waals surface area contributed by atoms with Gasteiger partial charge in [-0.2, -0.15) is 5.10 Å². The number of fused-ring (bicyclic) bond motifs is 1. The number of benzene rings is 2. The first-order chi connectivity index (χ1) is 11.2. The third-order valence-corrected chi connectivity index (χ3v) is 3.90. The average Bonchev–Trinajstić information content (AvgIpc) is 2.59. The third-order valence-electron chi connectivity index (χ3n) is 3.90. The predicted molar refractivity (Wildman–Crippen MR) is 89.2 cm³/mol. The van der Waals surface area contributed by atoms with Gasteiger partial charge in [0.2, 0.25) is 0 Å². The number of nitrogens with one attached hydrogen (secondary N) is 1. The standard InChI is InChI=1S/C17H17N3O3/c1-23-17-7-3-4-14-15(17)5-2-6-16(14)19-18-12-8-10-13(11-9-12)20(21)22/h3-4,7-11,18H,2,5-6H2,1H3/b19-16-. The molecule has 6 heteroatoms. The Morgan fingerprint density at radius 2 is 1.96 bits per heavy atom. The van der Waals surface area contributed by atoms with Gasteiger partial charge in [-0.15, -0.1) is 0 Å². The van der Waals surface area contributed by atoms with Crippen LogP contribution in [0.1, 0.15) is 24.0 Å². The van der Waals surface area contributed by atoms with E-state index in [1.807, 2.05) is 18.2 Å². The Balaban J connectivity index is 1.83. The summed E-state index contributed by atoms with van der Waals surface area (Å²) < 4.78 is 5.42. The zero-order valence-corrected chi connectivity index (χ0v) is 12.8. The molecule has 1 aliphatic carbocycles. The Morgan fingerprint density at radius 1 is 1.17 bits per heavy atom.